The number of likely N-dealkylation sites (N-methyl/N-ethyl adjacent to an activating group) is 1. The van der Waals surface area contributed by atoms with Crippen LogP contribution in [-0.4, -0.2) is 75.1 Å². The van der Waals surface area contributed by atoms with Crippen molar-refractivity contribution < 1.29 is 13.6 Å². The molecule has 0 bridgehead atoms. The number of amides is 1. The van der Waals surface area contributed by atoms with Crippen molar-refractivity contribution in [3.63, 3.8) is 0 Å². The molecule has 1 aliphatic rings. The molecule has 1 aromatic carbocycles. The van der Waals surface area contributed by atoms with E-state index in [1.54, 1.807) is 30.8 Å². The molecule has 1 fully saturated rings. The third kappa shape index (κ3) is 7.26. The first kappa shape index (κ1) is 24.7. The van der Waals surface area contributed by atoms with Gasteiger partial charge in [0.05, 0.1) is 0 Å². The zero-order valence-corrected chi connectivity index (χ0v) is 19.5. The van der Waals surface area contributed by atoms with E-state index < -0.39 is 11.6 Å². The fraction of sp³-hybridized carbons (Fsp3) is 0.556. The van der Waals surface area contributed by atoms with Crippen molar-refractivity contribution in [1.82, 2.24) is 15.5 Å². The minimum atomic E-state index is -0.556. The molecule has 1 amide bonds. The Morgan fingerprint density at radius 3 is 2.64 bits per heavy atom. The molecule has 0 saturated carbocycles. The highest BCUT2D eigenvalue weighted by molar-refractivity contribution is 14.0. The number of guanidine groups is 1. The highest BCUT2D eigenvalue weighted by Gasteiger charge is 2.27. The first-order valence-corrected chi connectivity index (χ1v) is 10.2. The van der Waals surface area contributed by atoms with Crippen LogP contribution in [0.4, 0.5) is 14.5 Å². The van der Waals surface area contributed by atoms with Gasteiger partial charge in [-0.05, 0) is 24.8 Å². The Labute approximate surface area is 186 Å². The summed E-state index contributed by atoms with van der Waals surface area (Å²) in [5.74, 6) is 0.237. The third-order valence-corrected chi connectivity index (χ3v) is 4.87. The lowest BCUT2D eigenvalue weighted by Crippen LogP contribution is -2.46. The topological polar surface area (TPSA) is 60.0 Å². The van der Waals surface area contributed by atoms with E-state index in [0.717, 1.165) is 12.2 Å². The summed E-state index contributed by atoms with van der Waals surface area (Å²) in [5.41, 5.74) is 0.0124. The Morgan fingerprint density at radius 2 is 2.04 bits per heavy atom. The predicted octanol–water partition coefficient (Wildman–Crippen LogP) is 2.15. The largest absolute Gasteiger partial charge is 0.365 e. The van der Waals surface area contributed by atoms with Gasteiger partial charge in [-0.2, -0.15) is 11.8 Å². The zero-order valence-electron chi connectivity index (χ0n) is 16.4. The fourth-order valence-corrected chi connectivity index (χ4v) is 3.08. The van der Waals surface area contributed by atoms with Crippen LogP contribution in [-0.2, 0) is 4.79 Å². The molecular weight excluding hydrogens is 499 g/mol. The quantitative estimate of drug-likeness (QED) is 0.247. The van der Waals surface area contributed by atoms with Gasteiger partial charge in [-0.1, -0.05) is 6.07 Å². The minimum Gasteiger partial charge on any atom is -0.365 e. The van der Waals surface area contributed by atoms with Crippen LogP contribution in [0.5, 0.6) is 0 Å². The average Bonchev–Trinajstić information content (AvgIpc) is 3.07. The number of rotatable bonds is 7. The predicted molar refractivity (Wildman–Crippen MR) is 123 cm³/mol. The maximum atomic E-state index is 14.0. The molecule has 2 rings (SSSR count). The van der Waals surface area contributed by atoms with Gasteiger partial charge in [0.1, 0.15) is 23.9 Å². The molecule has 1 atom stereocenters. The summed E-state index contributed by atoms with van der Waals surface area (Å²) in [6.07, 6.45) is 2.73. The number of halogens is 3. The number of nitrogens with zero attached hydrogens (tertiary/aromatic N) is 3. The summed E-state index contributed by atoms with van der Waals surface area (Å²) >= 11 is 1.70. The summed E-state index contributed by atoms with van der Waals surface area (Å²) in [6, 6.07) is 3.88. The molecule has 1 aliphatic heterocycles. The number of anilines is 1. The van der Waals surface area contributed by atoms with Gasteiger partial charge in [0, 0.05) is 45.5 Å². The molecule has 0 radical (unpaired) electrons. The summed E-state index contributed by atoms with van der Waals surface area (Å²) in [7, 11) is 3.37. The molecule has 1 aromatic rings. The number of hydrogen-bond donors (Lipinski definition) is 2. The fourth-order valence-electron chi connectivity index (χ4n) is 2.78. The molecular formula is C18H28F2IN5OS. The van der Waals surface area contributed by atoms with Gasteiger partial charge in [0.25, 0.3) is 0 Å². The van der Waals surface area contributed by atoms with E-state index in [9.17, 15) is 13.6 Å². The number of carbonyl (C=O) groups is 1. The van der Waals surface area contributed by atoms with Crippen molar-refractivity contribution in [3.05, 3.63) is 29.8 Å². The van der Waals surface area contributed by atoms with Crippen LogP contribution in [0.1, 0.15) is 6.42 Å². The molecule has 0 aromatic heterocycles. The second-order valence-corrected chi connectivity index (χ2v) is 7.50. The number of hydrogen-bond acceptors (Lipinski definition) is 4. The lowest BCUT2D eigenvalue weighted by molar-refractivity contribution is -0.127. The van der Waals surface area contributed by atoms with Crippen molar-refractivity contribution in [2.24, 2.45) is 4.99 Å². The van der Waals surface area contributed by atoms with Crippen LogP contribution in [0.3, 0.4) is 0 Å². The lowest BCUT2D eigenvalue weighted by Gasteiger charge is -2.21. The maximum Gasteiger partial charge on any atom is 0.243 e. The third-order valence-electron chi connectivity index (χ3n) is 4.25. The molecule has 1 unspecified atom stereocenters. The highest BCUT2D eigenvalue weighted by atomic mass is 127. The number of carbonyl (C=O) groups excluding carboxylic acids is 1. The van der Waals surface area contributed by atoms with Crippen LogP contribution in [0.15, 0.2) is 23.2 Å². The van der Waals surface area contributed by atoms with Gasteiger partial charge in [0.15, 0.2) is 5.96 Å². The smallest absolute Gasteiger partial charge is 0.243 e. The number of nitrogens with one attached hydrogen (secondary N) is 2. The van der Waals surface area contributed by atoms with Crippen LogP contribution < -0.4 is 15.5 Å². The van der Waals surface area contributed by atoms with Gasteiger partial charge in [-0.25, -0.2) is 13.8 Å². The molecule has 1 heterocycles. The van der Waals surface area contributed by atoms with E-state index in [1.807, 2.05) is 6.26 Å². The van der Waals surface area contributed by atoms with E-state index in [0.29, 0.717) is 25.6 Å². The number of para-hydroxylation sites is 1. The van der Waals surface area contributed by atoms with Gasteiger partial charge in [0.2, 0.25) is 5.91 Å². The molecule has 158 valence electrons. The van der Waals surface area contributed by atoms with Gasteiger partial charge >= 0.3 is 0 Å². The van der Waals surface area contributed by atoms with E-state index in [1.165, 1.54) is 23.1 Å². The Morgan fingerprint density at radius 1 is 1.36 bits per heavy atom. The minimum absolute atomic E-state index is 0. The molecule has 10 heteroatoms. The Hall–Kier alpha value is -1.30. The number of aliphatic imine (C=N–C) groups is 1. The van der Waals surface area contributed by atoms with Crippen molar-refractivity contribution in [2.45, 2.75) is 12.5 Å². The summed E-state index contributed by atoms with van der Waals surface area (Å²) in [6.45, 7) is 1.76. The second-order valence-electron chi connectivity index (χ2n) is 6.52. The van der Waals surface area contributed by atoms with Crippen LogP contribution >= 0.6 is 35.7 Å². The summed E-state index contributed by atoms with van der Waals surface area (Å²) in [5, 5.41) is 6.48. The van der Waals surface area contributed by atoms with Crippen molar-refractivity contribution >= 4 is 53.3 Å². The van der Waals surface area contributed by atoms with E-state index in [4.69, 9.17) is 0 Å². The Balaban J connectivity index is 0.00000392. The Kier molecular flexibility index (Phi) is 10.9. The van der Waals surface area contributed by atoms with Gasteiger partial charge < -0.3 is 20.4 Å². The first-order chi connectivity index (χ1) is 12.9. The lowest BCUT2D eigenvalue weighted by atomic mass is 10.2. The first-order valence-electron chi connectivity index (χ1n) is 8.85. The van der Waals surface area contributed by atoms with Gasteiger partial charge in [-0.15, -0.1) is 24.0 Å². The standard InChI is InChI=1S/C18H27F2N5OS.HI/c1-24(2)16(26)11-22-18(21-8-10-27-3)23-13-7-9-25(12-13)17-14(19)5-4-6-15(17)20;/h4-6,13H,7-12H2,1-3H3,(H2,21,22,23);1H. The molecule has 0 spiro atoms. The molecule has 28 heavy (non-hydrogen) atoms. The average molecular weight is 527 g/mol. The van der Waals surface area contributed by atoms with Crippen LogP contribution in [0.25, 0.3) is 0 Å². The maximum absolute atomic E-state index is 14.0. The van der Waals surface area contributed by atoms with Crippen molar-refractivity contribution in [1.29, 1.82) is 0 Å². The monoisotopic (exact) mass is 527 g/mol. The summed E-state index contributed by atoms with van der Waals surface area (Å²) < 4.78 is 28.0. The molecule has 0 aliphatic carbocycles. The normalized spacial score (nSPS) is 16.5. The van der Waals surface area contributed by atoms with Crippen LogP contribution in [0.2, 0.25) is 0 Å². The highest BCUT2D eigenvalue weighted by Crippen LogP contribution is 2.26. The van der Waals surface area contributed by atoms with Crippen LogP contribution in [0, 0.1) is 11.6 Å². The Bertz CT molecular complexity index is 657. The van der Waals surface area contributed by atoms with E-state index in [2.05, 4.69) is 15.6 Å². The van der Waals surface area contributed by atoms with E-state index >= 15 is 0 Å². The zero-order chi connectivity index (χ0) is 19.8. The second kappa shape index (κ2) is 12.3. The molecule has 2 N–H and O–H groups in total. The van der Waals surface area contributed by atoms with Gasteiger partial charge in [-0.3, -0.25) is 4.79 Å². The van der Waals surface area contributed by atoms with E-state index in [-0.39, 0.29) is 48.2 Å². The summed E-state index contributed by atoms with van der Waals surface area (Å²) in [4.78, 5) is 19.3. The number of benzene rings is 1. The van der Waals surface area contributed by atoms with Crippen molar-refractivity contribution in [2.75, 3.05) is 57.2 Å². The SMILES string of the molecule is CSCCNC(=NCC(=O)N(C)C)NC1CCN(c2c(F)cccc2F)C1.I. The van der Waals surface area contributed by atoms with Crippen molar-refractivity contribution in [3.8, 4) is 0 Å². The molecule has 1 saturated heterocycles. The number of thioether (sulfide) groups is 1. The molecule has 6 nitrogen and oxygen atoms in total.